The van der Waals surface area contributed by atoms with Crippen molar-refractivity contribution in [3.05, 3.63) is 48.0 Å². The van der Waals surface area contributed by atoms with Crippen LogP contribution < -0.4 is 20.1 Å². The molecule has 2 heterocycles. The van der Waals surface area contributed by atoms with E-state index in [0.29, 0.717) is 36.8 Å². The molecule has 1 atom stereocenters. The number of fused-ring (bicyclic) bond motifs is 1. The summed E-state index contributed by atoms with van der Waals surface area (Å²) in [6, 6.07) is 11.6. The maximum absolute atomic E-state index is 12.7. The lowest BCUT2D eigenvalue weighted by Gasteiger charge is -2.18. The van der Waals surface area contributed by atoms with E-state index in [9.17, 15) is 13.2 Å². The van der Waals surface area contributed by atoms with Crippen LogP contribution in [0.3, 0.4) is 0 Å². The molecule has 2 aliphatic heterocycles. The fraction of sp³-hybridized carbons (Fsp3) is 0.381. The molecule has 0 bridgehead atoms. The monoisotopic (exact) mass is 431 g/mol. The number of carbonyl (C=O) groups excluding carboxylic acids is 1. The summed E-state index contributed by atoms with van der Waals surface area (Å²) in [5.74, 6) is 1.17. The zero-order chi connectivity index (χ0) is 21.1. The molecule has 8 nitrogen and oxygen atoms in total. The second kappa shape index (κ2) is 8.53. The third-order valence-electron chi connectivity index (χ3n) is 5.22. The molecule has 0 aliphatic carbocycles. The third-order valence-corrected chi connectivity index (χ3v) is 7.11. The van der Waals surface area contributed by atoms with Crippen LogP contribution >= 0.6 is 0 Å². The molecule has 2 aromatic carbocycles. The molecule has 2 aromatic rings. The van der Waals surface area contributed by atoms with E-state index < -0.39 is 16.1 Å². The van der Waals surface area contributed by atoms with Gasteiger partial charge in [0, 0.05) is 25.3 Å². The Morgan fingerprint density at radius 1 is 1.10 bits per heavy atom. The number of nitrogens with one attached hydrogen (secondary N) is 2. The number of sulfonamides is 1. The van der Waals surface area contributed by atoms with Crippen LogP contribution in [0, 0.1) is 0 Å². The number of benzene rings is 2. The SMILES string of the molecule is CC(Nc1cccc(S(=O)(=O)N2CCCC2)c1)C(=O)NCc1ccc2c(c1)OCO2. The van der Waals surface area contributed by atoms with Gasteiger partial charge in [0.25, 0.3) is 0 Å². The van der Waals surface area contributed by atoms with Gasteiger partial charge in [-0.25, -0.2) is 8.42 Å². The first-order valence-electron chi connectivity index (χ1n) is 9.96. The summed E-state index contributed by atoms with van der Waals surface area (Å²) >= 11 is 0. The van der Waals surface area contributed by atoms with E-state index in [1.165, 1.54) is 4.31 Å². The molecule has 4 rings (SSSR count). The second-order valence-corrected chi connectivity index (χ2v) is 9.35. The summed E-state index contributed by atoms with van der Waals surface area (Å²) < 4.78 is 37.6. The Labute approximate surface area is 176 Å². The first-order valence-corrected chi connectivity index (χ1v) is 11.4. The van der Waals surface area contributed by atoms with Crippen LogP contribution in [0.15, 0.2) is 47.4 Å². The zero-order valence-electron chi connectivity index (χ0n) is 16.8. The van der Waals surface area contributed by atoms with E-state index in [0.717, 1.165) is 18.4 Å². The van der Waals surface area contributed by atoms with Crippen LogP contribution in [0.1, 0.15) is 25.3 Å². The Morgan fingerprint density at radius 2 is 1.87 bits per heavy atom. The van der Waals surface area contributed by atoms with E-state index in [1.54, 1.807) is 31.2 Å². The summed E-state index contributed by atoms with van der Waals surface area (Å²) in [5.41, 5.74) is 1.49. The van der Waals surface area contributed by atoms with Gasteiger partial charge >= 0.3 is 0 Å². The number of ether oxygens (including phenoxy) is 2. The second-order valence-electron chi connectivity index (χ2n) is 7.41. The molecule has 30 heavy (non-hydrogen) atoms. The fourth-order valence-corrected chi connectivity index (χ4v) is 5.10. The number of anilines is 1. The van der Waals surface area contributed by atoms with Crippen molar-refractivity contribution >= 4 is 21.6 Å². The van der Waals surface area contributed by atoms with Crippen molar-refractivity contribution in [1.29, 1.82) is 0 Å². The summed E-state index contributed by atoms with van der Waals surface area (Å²) in [4.78, 5) is 12.7. The first kappa shape index (κ1) is 20.5. The lowest BCUT2D eigenvalue weighted by molar-refractivity contribution is -0.121. The van der Waals surface area contributed by atoms with Gasteiger partial charge in [0.2, 0.25) is 22.7 Å². The Balaban J connectivity index is 1.36. The van der Waals surface area contributed by atoms with Gasteiger partial charge in [0.15, 0.2) is 11.5 Å². The minimum atomic E-state index is -3.50. The molecule has 1 fully saturated rings. The topological polar surface area (TPSA) is 97.0 Å². The first-order chi connectivity index (χ1) is 14.4. The smallest absolute Gasteiger partial charge is 0.243 e. The maximum atomic E-state index is 12.7. The molecule has 1 amide bonds. The minimum absolute atomic E-state index is 0.194. The van der Waals surface area contributed by atoms with E-state index in [-0.39, 0.29) is 17.6 Å². The summed E-state index contributed by atoms with van der Waals surface area (Å²) in [6.07, 6.45) is 1.77. The van der Waals surface area contributed by atoms with Crippen LogP contribution in [0.2, 0.25) is 0 Å². The molecular formula is C21H25N3O5S. The van der Waals surface area contributed by atoms with Crippen LogP contribution in [-0.2, 0) is 21.4 Å². The number of amides is 1. The van der Waals surface area contributed by atoms with Crippen LogP contribution in [0.25, 0.3) is 0 Å². The lowest BCUT2D eigenvalue weighted by atomic mass is 10.2. The van der Waals surface area contributed by atoms with Gasteiger partial charge < -0.3 is 20.1 Å². The summed E-state index contributed by atoms with van der Waals surface area (Å²) in [6.45, 7) is 3.40. The summed E-state index contributed by atoms with van der Waals surface area (Å²) in [7, 11) is -3.50. The lowest BCUT2D eigenvalue weighted by Crippen LogP contribution is -2.37. The molecule has 2 aliphatic rings. The fourth-order valence-electron chi connectivity index (χ4n) is 3.53. The zero-order valence-corrected chi connectivity index (χ0v) is 17.6. The van der Waals surface area contributed by atoms with Crippen molar-refractivity contribution < 1.29 is 22.7 Å². The van der Waals surface area contributed by atoms with E-state index in [2.05, 4.69) is 10.6 Å². The number of carbonyl (C=O) groups is 1. The average Bonchev–Trinajstić information content (AvgIpc) is 3.44. The number of hydrogen-bond donors (Lipinski definition) is 2. The van der Waals surface area contributed by atoms with Crippen molar-refractivity contribution in [2.24, 2.45) is 0 Å². The van der Waals surface area contributed by atoms with Crippen LogP contribution in [0.4, 0.5) is 5.69 Å². The molecular weight excluding hydrogens is 406 g/mol. The average molecular weight is 432 g/mol. The van der Waals surface area contributed by atoms with Crippen molar-refractivity contribution in [3.8, 4) is 11.5 Å². The number of nitrogens with zero attached hydrogens (tertiary/aromatic N) is 1. The molecule has 0 aromatic heterocycles. The Hall–Kier alpha value is -2.78. The molecule has 0 spiro atoms. The number of rotatable bonds is 7. The predicted molar refractivity (Wildman–Crippen MR) is 112 cm³/mol. The molecule has 1 saturated heterocycles. The van der Waals surface area contributed by atoms with Crippen molar-refractivity contribution in [1.82, 2.24) is 9.62 Å². The van der Waals surface area contributed by atoms with Crippen molar-refractivity contribution in [2.75, 3.05) is 25.2 Å². The molecule has 2 N–H and O–H groups in total. The van der Waals surface area contributed by atoms with Gasteiger partial charge in [0.05, 0.1) is 4.90 Å². The van der Waals surface area contributed by atoms with Crippen molar-refractivity contribution in [2.45, 2.75) is 37.2 Å². The summed E-state index contributed by atoms with van der Waals surface area (Å²) in [5, 5.41) is 5.96. The van der Waals surface area contributed by atoms with Gasteiger partial charge in [-0.1, -0.05) is 12.1 Å². The maximum Gasteiger partial charge on any atom is 0.243 e. The Morgan fingerprint density at radius 3 is 2.67 bits per heavy atom. The van der Waals surface area contributed by atoms with E-state index >= 15 is 0 Å². The highest BCUT2D eigenvalue weighted by molar-refractivity contribution is 7.89. The van der Waals surface area contributed by atoms with Crippen LogP contribution in [-0.4, -0.2) is 44.6 Å². The Kier molecular flexibility index (Phi) is 5.83. The Bertz CT molecular complexity index is 1030. The normalized spacial score (nSPS) is 17.0. The van der Waals surface area contributed by atoms with E-state index in [4.69, 9.17) is 9.47 Å². The van der Waals surface area contributed by atoms with Gasteiger partial charge in [-0.3, -0.25) is 4.79 Å². The molecule has 1 unspecified atom stereocenters. The molecule has 160 valence electrons. The highest BCUT2D eigenvalue weighted by Gasteiger charge is 2.27. The molecule has 9 heteroatoms. The molecule has 0 saturated carbocycles. The number of hydrogen-bond acceptors (Lipinski definition) is 6. The highest BCUT2D eigenvalue weighted by Crippen LogP contribution is 2.32. The van der Waals surface area contributed by atoms with Gasteiger partial charge in [-0.05, 0) is 55.7 Å². The highest BCUT2D eigenvalue weighted by atomic mass is 32.2. The largest absolute Gasteiger partial charge is 0.454 e. The standard InChI is InChI=1S/C21H25N3O5S/c1-15(21(25)22-13-16-7-8-19-20(11-16)29-14-28-19)23-17-5-4-6-18(12-17)30(26,27)24-9-2-3-10-24/h4-8,11-12,15,23H,2-3,9-10,13-14H2,1H3,(H,22,25). The molecule has 0 radical (unpaired) electrons. The van der Waals surface area contributed by atoms with Crippen molar-refractivity contribution in [3.63, 3.8) is 0 Å². The minimum Gasteiger partial charge on any atom is -0.454 e. The van der Waals surface area contributed by atoms with Gasteiger partial charge in [-0.2, -0.15) is 4.31 Å². The van der Waals surface area contributed by atoms with Crippen LogP contribution in [0.5, 0.6) is 11.5 Å². The van der Waals surface area contributed by atoms with Gasteiger partial charge in [0.1, 0.15) is 6.04 Å². The van der Waals surface area contributed by atoms with E-state index in [1.807, 2.05) is 18.2 Å². The quantitative estimate of drug-likeness (QED) is 0.698. The predicted octanol–water partition coefficient (Wildman–Crippen LogP) is 2.32. The van der Waals surface area contributed by atoms with Gasteiger partial charge in [-0.15, -0.1) is 0 Å². The third kappa shape index (κ3) is 4.36.